The largest absolute Gasteiger partial charge is 0.362 e. The van der Waals surface area contributed by atoms with Crippen molar-refractivity contribution in [2.75, 3.05) is 0 Å². The van der Waals surface area contributed by atoms with Gasteiger partial charge in [-0.15, -0.1) is 0 Å². The fraction of sp³-hybridized carbons (Fsp3) is 0.625. The number of H-pyrrole nitrogens is 2. The van der Waals surface area contributed by atoms with Gasteiger partial charge in [0.1, 0.15) is 0 Å². The highest BCUT2D eigenvalue weighted by atomic mass is 15.0. The van der Waals surface area contributed by atoms with E-state index in [0.29, 0.717) is 24.2 Å². The predicted octanol–water partition coefficient (Wildman–Crippen LogP) is 6.10. The average Bonchev–Trinajstić information content (AvgIpc) is 3.51. The molecule has 4 heteroatoms. The minimum absolute atomic E-state index is 0.414. The van der Waals surface area contributed by atoms with Gasteiger partial charge in [0.05, 0.1) is 0 Å². The van der Waals surface area contributed by atoms with Crippen molar-refractivity contribution < 1.29 is 0 Å². The summed E-state index contributed by atoms with van der Waals surface area (Å²) >= 11 is 0. The van der Waals surface area contributed by atoms with Crippen LogP contribution >= 0.6 is 0 Å². The Morgan fingerprint density at radius 3 is 1.19 bits per heavy atom. The Balaban J connectivity index is 1.61. The van der Waals surface area contributed by atoms with Crippen molar-refractivity contribution in [2.45, 2.75) is 131 Å². The van der Waals surface area contributed by atoms with Crippen molar-refractivity contribution in [1.29, 1.82) is 0 Å². The van der Waals surface area contributed by atoms with Crippen LogP contribution in [0.1, 0.15) is 99.4 Å². The zero-order chi connectivity index (χ0) is 25.7. The second kappa shape index (κ2) is 10.0. The van der Waals surface area contributed by atoms with Crippen molar-refractivity contribution in [3.63, 3.8) is 0 Å². The molecule has 0 saturated heterocycles. The summed E-state index contributed by atoms with van der Waals surface area (Å²) in [7, 11) is 0. The van der Waals surface area contributed by atoms with Gasteiger partial charge in [-0.25, -0.2) is 0 Å². The number of nitrogens with one attached hydrogen (secondary N) is 4. The molecule has 4 N–H and O–H groups in total. The zero-order valence-electron chi connectivity index (χ0n) is 24.0. The highest BCUT2D eigenvalue weighted by molar-refractivity contribution is 5.44. The molecule has 36 heavy (non-hydrogen) atoms. The number of hydrogen-bond acceptors (Lipinski definition) is 2. The Kier molecular flexibility index (Phi) is 7.13. The maximum Gasteiger partial charge on any atom is 0.0342 e. The monoisotopic (exact) mass is 488 g/mol. The van der Waals surface area contributed by atoms with Crippen LogP contribution < -0.4 is 10.6 Å². The molecule has 5 rings (SSSR count). The lowest BCUT2D eigenvalue weighted by molar-refractivity contribution is 0.520. The van der Waals surface area contributed by atoms with Gasteiger partial charge in [-0.3, -0.25) is 0 Å². The molecule has 3 aliphatic rings. The van der Waals surface area contributed by atoms with Crippen LogP contribution in [0.4, 0.5) is 0 Å². The van der Waals surface area contributed by atoms with Gasteiger partial charge in [-0.2, -0.15) is 0 Å². The van der Waals surface area contributed by atoms with E-state index in [1.165, 1.54) is 45.0 Å². The van der Waals surface area contributed by atoms with Crippen LogP contribution in [0, 0.1) is 13.8 Å². The Hall–Kier alpha value is -2.04. The third-order valence-electron chi connectivity index (χ3n) is 9.95. The highest BCUT2D eigenvalue weighted by Gasteiger charge is 2.35. The molecule has 0 fully saturated rings. The first-order chi connectivity index (χ1) is 17.3. The molecule has 8 bridgehead atoms. The van der Waals surface area contributed by atoms with Gasteiger partial charge in [0.2, 0.25) is 0 Å². The van der Waals surface area contributed by atoms with Crippen LogP contribution in [0.25, 0.3) is 0 Å². The fourth-order valence-electron chi connectivity index (χ4n) is 7.82. The maximum absolute atomic E-state index is 4.08. The average molecular weight is 489 g/mol. The molecule has 4 unspecified atom stereocenters. The first-order valence-electron chi connectivity index (χ1n) is 14.6. The molecule has 0 saturated carbocycles. The molecule has 0 aliphatic carbocycles. The van der Waals surface area contributed by atoms with E-state index >= 15 is 0 Å². The summed E-state index contributed by atoms with van der Waals surface area (Å²) in [5.74, 6) is 0. The van der Waals surface area contributed by atoms with E-state index in [2.05, 4.69) is 76.0 Å². The first kappa shape index (κ1) is 25.6. The molecule has 3 aliphatic heterocycles. The molecule has 0 amide bonds. The van der Waals surface area contributed by atoms with E-state index in [1.54, 1.807) is 22.3 Å². The number of rotatable bonds is 4. The lowest BCUT2D eigenvalue weighted by atomic mass is 9.94. The third-order valence-corrected chi connectivity index (χ3v) is 9.95. The topological polar surface area (TPSA) is 55.6 Å². The number of hydrogen-bond donors (Lipinski definition) is 4. The summed E-state index contributed by atoms with van der Waals surface area (Å²) in [4.78, 5) is 7.92. The SMILES string of the molecule is CCC1=C(C)C2Cc3[nH]c(c(C)c3CC)CC3NC(Cc4[nH]c(c(C)c4CC)CC1N2)C(C)=C3CC. The van der Waals surface area contributed by atoms with Crippen LogP contribution in [0.3, 0.4) is 0 Å². The smallest absolute Gasteiger partial charge is 0.0342 e. The number of aromatic nitrogens is 2. The summed E-state index contributed by atoms with van der Waals surface area (Å²) in [5, 5.41) is 8.15. The van der Waals surface area contributed by atoms with Crippen LogP contribution in [0.5, 0.6) is 0 Å². The van der Waals surface area contributed by atoms with E-state index in [1.807, 2.05) is 0 Å². The van der Waals surface area contributed by atoms with E-state index in [0.717, 1.165) is 51.4 Å². The summed E-state index contributed by atoms with van der Waals surface area (Å²) in [6.07, 6.45) is 8.67. The van der Waals surface area contributed by atoms with E-state index in [4.69, 9.17) is 0 Å². The second-order valence-corrected chi connectivity index (χ2v) is 11.6. The van der Waals surface area contributed by atoms with Crippen molar-refractivity contribution in [1.82, 2.24) is 20.6 Å². The Bertz CT molecular complexity index is 1110. The van der Waals surface area contributed by atoms with E-state index in [-0.39, 0.29) is 0 Å². The summed E-state index contributed by atoms with van der Waals surface area (Å²) in [5.41, 5.74) is 18.2. The summed E-state index contributed by atoms with van der Waals surface area (Å²) < 4.78 is 0. The van der Waals surface area contributed by atoms with Crippen molar-refractivity contribution >= 4 is 0 Å². The molecule has 4 nitrogen and oxygen atoms in total. The van der Waals surface area contributed by atoms with Gasteiger partial charge in [0.25, 0.3) is 0 Å². The predicted molar refractivity (Wildman–Crippen MR) is 152 cm³/mol. The second-order valence-electron chi connectivity index (χ2n) is 11.6. The van der Waals surface area contributed by atoms with Crippen LogP contribution in [0.2, 0.25) is 0 Å². The number of aromatic amines is 2. The molecule has 0 aromatic carbocycles. The molecule has 2 aromatic heterocycles. The molecular weight excluding hydrogens is 440 g/mol. The number of fused-ring (bicyclic) bond motifs is 8. The molecule has 0 radical (unpaired) electrons. The van der Waals surface area contributed by atoms with Crippen LogP contribution in [-0.2, 0) is 38.5 Å². The van der Waals surface area contributed by atoms with Crippen LogP contribution in [-0.4, -0.2) is 34.1 Å². The third kappa shape index (κ3) is 4.15. The zero-order valence-corrected chi connectivity index (χ0v) is 24.0. The Labute approximate surface area is 218 Å². The van der Waals surface area contributed by atoms with Gasteiger partial charge < -0.3 is 20.6 Å². The quantitative estimate of drug-likeness (QED) is 0.393. The van der Waals surface area contributed by atoms with Gasteiger partial charge in [-0.05, 0) is 75.6 Å². The molecular formula is C32H48N4. The lowest BCUT2D eigenvalue weighted by Gasteiger charge is -2.19. The van der Waals surface area contributed by atoms with Gasteiger partial charge in [-0.1, -0.05) is 50.0 Å². The fourth-order valence-corrected chi connectivity index (χ4v) is 7.82. The van der Waals surface area contributed by atoms with E-state index in [9.17, 15) is 0 Å². The Morgan fingerprint density at radius 2 is 0.861 bits per heavy atom. The molecule has 5 heterocycles. The van der Waals surface area contributed by atoms with Gasteiger partial charge >= 0.3 is 0 Å². The van der Waals surface area contributed by atoms with Gasteiger partial charge in [0.15, 0.2) is 0 Å². The highest BCUT2D eigenvalue weighted by Crippen LogP contribution is 2.34. The maximum atomic E-state index is 4.08. The molecule has 0 spiro atoms. The summed E-state index contributed by atoms with van der Waals surface area (Å²) in [6.45, 7) is 18.7. The lowest BCUT2D eigenvalue weighted by Crippen LogP contribution is -2.36. The minimum atomic E-state index is 0.414. The van der Waals surface area contributed by atoms with Crippen LogP contribution in [0.15, 0.2) is 22.3 Å². The standard InChI is InChI=1S/C32H48N4/c1-9-21-17(5)25-14-30-23(11-3)19(7)27(35-30)16-32-24(12-4)20(8)28(36-32)15-31-22(10-2)18(6)26(34-31)13-29(21)33-25/h25,28-29,32-36H,9-16H2,1-8H3. The Morgan fingerprint density at radius 1 is 0.500 bits per heavy atom. The summed E-state index contributed by atoms with van der Waals surface area (Å²) in [6, 6.07) is 1.67. The molecule has 196 valence electrons. The molecule has 4 atom stereocenters. The van der Waals surface area contributed by atoms with Crippen molar-refractivity contribution in [2.24, 2.45) is 0 Å². The normalized spacial score (nSPS) is 26.4. The first-order valence-corrected chi connectivity index (χ1v) is 14.6. The van der Waals surface area contributed by atoms with Crippen molar-refractivity contribution in [3.05, 3.63) is 67.3 Å². The van der Waals surface area contributed by atoms with Gasteiger partial charge in [0, 0.05) is 72.6 Å². The van der Waals surface area contributed by atoms with E-state index < -0.39 is 0 Å². The molecule has 2 aromatic rings. The van der Waals surface area contributed by atoms with Crippen molar-refractivity contribution in [3.8, 4) is 0 Å². The minimum Gasteiger partial charge on any atom is -0.362 e.